The van der Waals surface area contributed by atoms with Gasteiger partial charge in [-0.05, 0) is 66.4 Å². The van der Waals surface area contributed by atoms with Gasteiger partial charge in [-0.1, -0.05) is 90.6 Å². The topological polar surface area (TPSA) is 83.2 Å². The zero-order valence-corrected chi connectivity index (χ0v) is 24.2. The molecule has 0 aliphatic carbocycles. The molecule has 43 heavy (non-hydrogen) atoms. The van der Waals surface area contributed by atoms with Crippen LogP contribution >= 0.6 is 0 Å². The first-order valence-corrected chi connectivity index (χ1v) is 14.0. The Morgan fingerprint density at radius 3 is 2.23 bits per heavy atom. The van der Waals surface area contributed by atoms with Crippen LogP contribution in [0.3, 0.4) is 0 Å². The fourth-order valence-corrected chi connectivity index (χ4v) is 4.34. The Morgan fingerprint density at radius 1 is 0.837 bits per heavy atom. The molecule has 0 aliphatic heterocycles. The van der Waals surface area contributed by atoms with Crippen LogP contribution in [-0.2, 0) is 27.6 Å². The second kappa shape index (κ2) is 14.0. The van der Waals surface area contributed by atoms with E-state index in [4.69, 9.17) is 18.7 Å². The Balaban J connectivity index is 1.23. The molecule has 0 fully saturated rings. The number of esters is 1. The Bertz CT molecular complexity index is 1710. The molecule has 0 saturated heterocycles. The van der Waals surface area contributed by atoms with Crippen LogP contribution in [-0.4, -0.2) is 23.3 Å². The summed E-state index contributed by atoms with van der Waals surface area (Å²) in [6.07, 6.45) is 0. The average Bonchev–Trinajstić information content (AvgIpc) is 3.43. The number of carbonyl (C=O) groups is 1. The fourth-order valence-electron chi connectivity index (χ4n) is 4.34. The number of hydrogen-bond donors (Lipinski definition) is 0. The smallest absolute Gasteiger partial charge is 0.361 e. The van der Waals surface area contributed by atoms with Crippen molar-refractivity contribution in [3.63, 3.8) is 0 Å². The number of aromatic nitrogens is 1. The summed E-state index contributed by atoms with van der Waals surface area (Å²) in [5, 5.41) is 4.18. The van der Waals surface area contributed by atoms with Crippen molar-refractivity contribution in [1.82, 2.24) is 4.98 Å². The molecule has 0 aliphatic rings. The van der Waals surface area contributed by atoms with Gasteiger partial charge in [-0.25, -0.2) is 9.78 Å². The summed E-state index contributed by atoms with van der Waals surface area (Å²) in [5.74, 6) is 1.40. The van der Waals surface area contributed by atoms with Gasteiger partial charge >= 0.3 is 5.97 Å². The molecule has 0 atom stereocenters. The summed E-state index contributed by atoms with van der Waals surface area (Å²) in [4.78, 5) is 23.0. The van der Waals surface area contributed by atoms with E-state index in [1.54, 1.807) is 13.0 Å². The number of ether oxygens (including phenoxy) is 2. The summed E-state index contributed by atoms with van der Waals surface area (Å²) in [6, 6.07) is 34.5. The highest BCUT2D eigenvalue weighted by atomic mass is 16.6. The lowest BCUT2D eigenvalue weighted by molar-refractivity contribution is -0.135. The molecule has 0 N–H and O–H groups in total. The fraction of sp³-hybridized carbons (Fsp3) is 0.139. The molecule has 0 radical (unpaired) electrons. The zero-order chi connectivity index (χ0) is 30.0. The van der Waals surface area contributed by atoms with Crippen LogP contribution in [0, 0.1) is 6.92 Å². The van der Waals surface area contributed by atoms with E-state index >= 15 is 0 Å². The summed E-state index contributed by atoms with van der Waals surface area (Å²) in [5.41, 5.74) is 5.87. The van der Waals surface area contributed by atoms with Crippen LogP contribution in [0.4, 0.5) is 0 Å². The molecule has 0 unspecified atom stereocenters. The van der Waals surface area contributed by atoms with Crippen LogP contribution < -0.4 is 4.74 Å². The van der Waals surface area contributed by atoms with E-state index < -0.39 is 5.97 Å². The van der Waals surface area contributed by atoms with Crippen molar-refractivity contribution < 1.29 is 23.5 Å². The number of oxime groups is 1. The van der Waals surface area contributed by atoms with Crippen LogP contribution in [0.1, 0.15) is 40.6 Å². The lowest BCUT2D eigenvalue weighted by Gasteiger charge is -2.10. The van der Waals surface area contributed by atoms with E-state index in [0.717, 1.165) is 33.5 Å². The maximum atomic E-state index is 12.8. The van der Waals surface area contributed by atoms with Crippen molar-refractivity contribution in [2.45, 2.75) is 27.1 Å². The number of hydrogen-bond acceptors (Lipinski definition) is 7. The van der Waals surface area contributed by atoms with E-state index in [1.165, 1.54) is 0 Å². The maximum absolute atomic E-state index is 12.8. The lowest BCUT2D eigenvalue weighted by Crippen LogP contribution is -2.19. The van der Waals surface area contributed by atoms with E-state index in [0.29, 0.717) is 23.0 Å². The Kier molecular flexibility index (Phi) is 9.44. The SMILES string of the molecule is C=C(c1ccccc1)c1cccc(/C(=N\OCc2ccc(OCc3nc(-c4ccccc4)oc3C)cc2)C(=O)OCC)c1. The summed E-state index contributed by atoms with van der Waals surface area (Å²) < 4.78 is 17.0. The molecule has 0 saturated carbocycles. The Labute approximate surface area is 251 Å². The minimum Gasteiger partial charge on any atom is -0.487 e. The average molecular weight is 573 g/mol. The number of aryl methyl sites for hydroxylation is 1. The maximum Gasteiger partial charge on any atom is 0.361 e. The third kappa shape index (κ3) is 7.45. The lowest BCUT2D eigenvalue weighted by atomic mass is 9.97. The van der Waals surface area contributed by atoms with Gasteiger partial charge in [0.25, 0.3) is 0 Å². The van der Waals surface area contributed by atoms with Gasteiger partial charge in [-0.2, -0.15) is 0 Å². The number of rotatable bonds is 12. The van der Waals surface area contributed by atoms with Crippen molar-refractivity contribution in [3.8, 4) is 17.2 Å². The molecule has 0 amide bonds. The van der Waals surface area contributed by atoms with Crippen LogP contribution in [0.25, 0.3) is 17.0 Å². The van der Waals surface area contributed by atoms with E-state index in [-0.39, 0.29) is 25.5 Å². The van der Waals surface area contributed by atoms with Crippen molar-refractivity contribution in [2.75, 3.05) is 6.61 Å². The summed E-state index contributed by atoms with van der Waals surface area (Å²) in [7, 11) is 0. The van der Waals surface area contributed by atoms with Gasteiger partial charge in [0.15, 0.2) is 5.71 Å². The molecule has 216 valence electrons. The van der Waals surface area contributed by atoms with Gasteiger partial charge in [0.2, 0.25) is 5.89 Å². The van der Waals surface area contributed by atoms with Gasteiger partial charge in [0.05, 0.1) is 6.61 Å². The minimum absolute atomic E-state index is 0.0855. The summed E-state index contributed by atoms with van der Waals surface area (Å²) >= 11 is 0. The molecule has 1 heterocycles. The van der Waals surface area contributed by atoms with E-state index in [1.807, 2.05) is 110 Å². The van der Waals surface area contributed by atoms with Crippen LogP contribution in [0.5, 0.6) is 5.75 Å². The second-order valence-electron chi connectivity index (χ2n) is 9.68. The molecule has 4 aromatic carbocycles. The third-order valence-corrected chi connectivity index (χ3v) is 6.67. The second-order valence-corrected chi connectivity index (χ2v) is 9.68. The number of benzene rings is 4. The predicted octanol–water partition coefficient (Wildman–Crippen LogP) is 7.77. The largest absolute Gasteiger partial charge is 0.487 e. The standard InChI is InChI=1S/C36H32N2O5/c1-4-40-36(39)34(31-17-11-16-30(22-31)25(2)28-12-7-5-8-13-28)38-42-23-27-18-20-32(21-19-27)41-24-33-26(3)43-35(37-33)29-14-9-6-10-15-29/h5-22H,2,4,23-24H2,1,3H3/b38-34+. The van der Waals surface area contributed by atoms with Crippen molar-refractivity contribution in [3.05, 3.63) is 149 Å². The van der Waals surface area contributed by atoms with Gasteiger partial charge in [-0.15, -0.1) is 0 Å². The highest BCUT2D eigenvalue weighted by Crippen LogP contribution is 2.24. The number of nitrogens with zero attached hydrogens (tertiary/aromatic N) is 2. The first kappa shape index (κ1) is 29.1. The summed E-state index contributed by atoms with van der Waals surface area (Å²) in [6.45, 7) is 8.51. The van der Waals surface area contributed by atoms with E-state index in [2.05, 4.69) is 16.7 Å². The van der Waals surface area contributed by atoms with Crippen molar-refractivity contribution in [2.24, 2.45) is 5.16 Å². The molecular weight excluding hydrogens is 540 g/mol. The van der Waals surface area contributed by atoms with Crippen LogP contribution in [0.15, 0.2) is 125 Å². The normalized spacial score (nSPS) is 11.2. The van der Waals surface area contributed by atoms with Crippen molar-refractivity contribution >= 4 is 17.3 Å². The third-order valence-electron chi connectivity index (χ3n) is 6.67. The molecule has 5 aromatic rings. The van der Waals surface area contributed by atoms with Gasteiger partial charge in [0.1, 0.15) is 30.4 Å². The van der Waals surface area contributed by atoms with Gasteiger partial charge in [0, 0.05) is 11.1 Å². The zero-order valence-electron chi connectivity index (χ0n) is 24.2. The Hall–Kier alpha value is -5.43. The Morgan fingerprint density at radius 2 is 1.51 bits per heavy atom. The number of oxazole rings is 1. The first-order valence-electron chi connectivity index (χ1n) is 14.0. The molecule has 7 heteroatoms. The first-order chi connectivity index (χ1) is 21.0. The van der Waals surface area contributed by atoms with Crippen LogP contribution in [0.2, 0.25) is 0 Å². The molecule has 0 bridgehead atoms. The highest BCUT2D eigenvalue weighted by molar-refractivity contribution is 6.43. The quantitative estimate of drug-likeness (QED) is 0.0863. The van der Waals surface area contributed by atoms with E-state index in [9.17, 15) is 4.79 Å². The monoisotopic (exact) mass is 572 g/mol. The molecule has 1 aromatic heterocycles. The molecule has 7 nitrogen and oxygen atoms in total. The van der Waals surface area contributed by atoms with Gasteiger partial charge < -0.3 is 18.7 Å². The molecular formula is C36H32N2O5. The van der Waals surface area contributed by atoms with Gasteiger partial charge in [-0.3, -0.25) is 0 Å². The minimum atomic E-state index is -0.563. The molecule has 5 rings (SSSR count). The van der Waals surface area contributed by atoms with Crippen molar-refractivity contribution in [1.29, 1.82) is 0 Å². The highest BCUT2D eigenvalue weighted by Gasteiger charge is 2.18. The predicted molar refractivity (Wildman–Crippen MR) is 166 cm³/mol. The number of carbonyl (C=O) groups excluding carboxylic acids is 1. The molecule has 0 spiro atoms.